The van der Waals surface area contributed by atoms with Crippen LogP contribution in [0.4, 0.5) is 11.4 Å². The minimum absolute atomic E-state index is 0.977. The van der Waals surface area contributed by atoms with Gasteiger partial charge < -0.3 is 4.90 Å². The Kier molecular flexibility index (Phi) is 4.44. The Bertz CT molecular complexity index is 915. The van der Waals surface area contributed by atoms with E-state index >= 15 is 0 Å². The van der Waals surface area contributed by atoms with Gasteiger partial charge in [0.15, 0.2) is 0 Å². The Morgan fingerprint density at radius 1 is 0.577 bits per heavy atom. The lowest BCUT2D eigenvalue weighted by molar-refractivity contribution is 1.20. The van der Waals surface area contributed by atoms with E-state index in [-0.39, 0.29) is 0 Å². The van der Waals surface area contributed by atoms with E-state index in [0.717, 1.165) is 33.9 Å². The Morgan fingerprint density at radius 2 is 1.08 bits per heavy atom. The van der Waals surface area contributed by atoms with Crippen molar-refractivity contribution in [1.29, 1.82) is 0 Å². The maximum Gasteiger partial charge on any atom is 0.0702 e. The molecule has 4 aromatic rings. The summed E-state index contributed by atoms with van der Waals surface area (Å²) in [7, 11) is 2.08. The molecule has 0 amide bonds. The second-order valence-electron chi connectivity index (χ2n) is 6.09. The molecule has 0 N–H and O–H groups in total. The van der Waals surface area contributed by atoms with Crippen molar-refractivity contribution in [2.24, 2.45) is 0 Å². The Hall–Kier alpha value is -3.46. The zero-order valence-corrected chi connectivity index (χ0v) is 14.6. The maximum atomic E-state index is 4.45. The molecule has 0 unspecified atom stereocenters. The lowest BCUT2D eigenvalue weighted by Gasteiger charge is -2.21. The van der Waals surface area contributed by atoms with Gasteiger partial charge in [0.2, 0.25) is 0 Å². The summed E-state index contributed by atoms with van der Waals surface area (Å²) >= 11 is 0. The van der Waals surface area contributed by atoms with Crippen molar-refractivity contribution in [2.75, 3.05) is 11.9 Å². The Morgan fingerprint density at radius 3 is 1.50 bits per heavy atom. The SMILES string of the molecule is CN(c1cccc(-c2ccccn2)c1)c1cccc(-c2ccccn2)c1. The molecule has 0 spiro atoms. The molecule has 0 saturated heterocycles. The number of rotatable bonds is 4. The summed E-state index contributed by atoms with van der Waals surface area (Å²) in [4.78, 5) is 11.1. The highest BCUT2D eigenvalue weighted by atomic mass is 15.1. The van der Waals surface area contributed by atoms with Crippen molar-refractivity contribution in [3.05, 3.63) is 97.3 Å². The average Bonchev–Trinajstić information content (AvgIpc) is 2.75. The summed E-state index contributed by atoms with van der Waals surface area (Å²) in [5, 5.41) is 0. The van der Waals surface area contributed by atoms with Crippen LogP contribution in [0.3, 0.4) is 0 Å². The molecular formula is C23H19N3. The molecule has 2 aromatic heterocycles. The second kappa shape index (κ2) is 7.19. The first-order valence-electron chi connectivity index (χ1n) is 8.58. The molecule has 3 nitrogen and oxygen atoms in total. The molecular weight excluding hydrogens is 318 g/mol. The van der Waals surface area contributed by atoms with Crippen LogP contribution in [0.5, 0.6) is 0 Å². The predicted molar refractivity (Wildman–Crippen MR) is 107 cm³/mol. The van der Waals surface area contributed by atoms with E-state index in [1.807, 2.05) is 48.8 Å². The van der Waals surface area contributed by atoms with Crippen LogP contribution in [0.1, 0.15) is 0 Å². The largest absolute Gasteiger partial charge is 0.345 e. The summed E-state index contributed by atoms with van der Waals surface area (Å²) in [6, 6.07) is 28.8. The molecule has 0 atom stereocenters. The highest BCUT2D eigenvalue weighted by Crippen LogP contribution is 2.30. The summed E-state index contributed by atoms with van der Waals surface area (Å²) in [5.74, 6) is 0. The van der Waals surface area contributed by atoms with Crippen molar-refractivity contribution in [2.45, 2.75) is 0 Å². The average molecular weight is 337 g/mol. The Balaban J connectivity index is 1.67. The fraction of sp³-hybridized carbons (Fsp3) is 0.0435. The number of benzene rings is 2. The third-order valence-corrected chi connectivity index (χ3v) is 4.39. The summed E-state index contributed by atoms with van der Waals surface area (Å²) in [6.07, 6.45) is 3.64. The third kappa shape index (κ3) is 3.33. The van der Waals surface area contributed by atoms with E-state index in [9.17, 15) is 0 Å². The van der Waals surface area contributed by atoms with E-state index in [1.165, 1.54) is 0 Å². The number of hydrogen-bond donors (Lipinski definition) is 0. The van der Waals surface area contributed by atoms with Gasteiger partial charge in [-0.2, -0.15) is 0 Å². The number of aromatic nitrogens is 2. The number of pyridine rings is 2. The standard InChI is InChI=1S/C23H19N3/c1-26(20-10-6-8-18(16-20)22-12-2-4-14-24-22)21-11-7-9-19(17-21)23-13-3-5-15-25-23/h2-17H,1H3. The van der Waals surface area contributed by atoms with Crippen molar-refractivity contribution in [1.82, 2.24) is 9.97 Å². The molecule has 26 heavy (non-hydrogen) atoms. The predicted octanol–water partition coefficient (Wildman–Crippen LogP) is 5.58. The van der Waals surface area contributed by atoms with E-state index < -0.39 is 0 Å². The Labute approximate surface area is 153 Å². The summed E-state index contributed by atoms with van der Waals surface area (Å²) in [6.45, 7) is 0. The normalized spacial score (nSPS) is 10.5. The second-order valence-corrected chi connectivity index (χ2v) is 6.09. The van der Waals surface area contributed by atoms with Gasteiger partial charge >= 0.3 is 0 Å². The monoisotopic (exact) mass is 337 g/mol. The molecule has 0 aliphatic rings. The van der Waals surface area contributed by atoms with Crippen LogP contribution in [0.2, 0.25) is 0 Å². The van der Waals surface area contributed by atoms with E-state index in [1.54, 1.807) is 0 Å². The fourth-order valence-corrected chi connectivity index (χ4v) is 2.96. The molecule has 126 valence electrons. The van der Waals surface area contributed by atoms with Gasteiger partial charge in [0.05, 0.1) is 11.4 Å². The number of anilines is 2. The van der Waals surface area contributed by atoms with Gasteiger partial charge in [-0.1, -0.05) is 36.4 Å². The molecule has 0 aliphatic heterocycles. The molecule has 2 aromatic carbocycles. The molecule has 0 bridgehead atoms. The van der Waals surface area contributed by atoms with Crippen LogP contribution >= 0.6 is 0 Å². The molecule has 0 aliphatic carbocycles. The minimum atomic E-state index is 0.977. The topological polar surface area (TPSA) is 29.0 Å². The third-order valence-electron chi connectivity index (χ3n) is 4.39. The zero-order valence-electron chi connectivity index (χ0n) is 14.6. The zero-order chi connectivity index (χ0) is 17.8. The van der Waals surface area contributed by atoms with Gasteiger partial charge in [-0.05, 0) is 48.5 Å². The van der Waals surface area contributed by atoms with Gasteiger partial charge in [0.1, 0.15) is 0 Å². The summed E-state index contributed by atoms with van der Waals surface area (Å²) in [5.41, 5.74) is 6.40. The molecule has 0 saturated carbocycles. The summed E-state index contributed by atoms with van der Waals surface area (Å²) < 4.78 is 0. The first-order valence-corrected chi connectivity index (χ1v) is 8.58. The minimum Gasteiger partial charge on any atom is -0.345 e. The first-order chi connectivity index (χ1) is 12.8. The van der Waals surface area contributed by atoms with Gasteiger partial charge in [-0.25, -0.2) is 0 Å². The number of hydrogen-bond acceptors (Lipinski definition) is 3. The quantitative estimate of drug-likeness (QED) is 0.487. The maximum absolute atomic E-state index is 4.45. The van der Waals surface area contributed by atoms with Crippen LogP contribution in [0, 0.1) is 0 Å². The molecule has 2 heterocycles. The lowest BCUT2D eigenvalue weighted by atomic mass is 10.1. The van der Waals surface area contributed by atoms with E-state index in [2.05, 4.69) is 70.4 Å². The number of nitrogens with zero attached hydrogens (tertiary/aromatic N) is 3. The van der Waals surface area contributed by atoms with E-state index in [4.69, 9.17) is 0 Å². The van der Waals surface area contributed by atoms with Crippen LogP contribution in [-0.2, 0) is 0 Å². The van der Waals surface area contributed by atoms with Crippen LogP contribution in [0.25, 0.3) is 22.5 Å². The fourth-order valence-electron chi connectivity index (χ4n) is 2.96. The lowest BCUT2D eigenvalue weighted by Crippen LogP contribution is -2.09. The van der Waals surface area contributed by atoms with Crippen molar-refractivity contribution in [3.63, 3.8) is 0 Å². The smallest absolute Gasteiger partial charge is 0.0702 e. The van der Waals surface area contributed by atoms with Gasteiger partial charge in [-0.15, -0.1) is 0 Å². The van der Waals surface area contributed by atoms with Crippen LogP contribution in [0.15, 0.2) is 97.3 Å². The van der Waals surface area contributed by atoms with E-state index in [0.29, 0.717) is 0 Å². The molecule has 0 radical (unpaired) electrons. The van der Waals surface area contributed by atoms with Gasteiger partial charge in [0.25, 0.3) is 0 Å². The van der Waals surface area contributed by atoms with Crippen molar-refractivity contribution in [3.8, 4) is 22.5 Å². The van der Waals surface area contributed by atoms with Crippen LogP contribution < -0.4 is 4.90 Å². The first kappa shape index (κ1) is 16.0. The highest BCUT2D eigenvalue weighted by molar-refractivity contribution is 5.73. The van der Waals surface area contributed by atoms with Crippen LogP contribution in [-0.4, -0.2) is 17.0 Å². The van der Waals surface area contributed by atoms with Gasteiger partial charge in [-0.3, -0.25) is 9.97 Å². The molecule has 4 rings (SSSR count). The highest BCUT2D eigenvalue weighted by Gasteiger charge is 2.08. The van der Waals surface area contributed by atoms with Crippen molar-refractivity contribution >= 4 is 11.4 Å². The molecule has 3 heteroatoms. The van der Waals surface area contributed by atoms with Gasteiger partial charge in [0, 0.05) is 41.9 Å². The molecule has 0 fully saturated rings. The van der Waals surface area contributed by atoms with Crippen molar-refractivity contribution < 1.29 is 0 Å².